The topological polar surface area (TPSA) is 75.7 Å². The maximum Gasteiger partial charge on any atom is 0.350 e. The average molecular weight is 379 g/mol. The highest BCUT2D eigenvalue weighted by molar-refractivity contribution is 7.12. The van der Waals surface area contributed by atoms with E-state index in [1.165, 1.54) is 23.3 Å². The lowest BCUT2D eigenvalue weighted by Crippen LogP contribution is -2.28. The first-order valence-electron chi connectivity index (χ1n) is 7.53. The zero-order chi connectivity index (χ0) is 18.0. The van der Waals surface area contributed by atoms with Gasteiger partial charge in [-0.1, -0.05) is 23.7 Å². The second-order valence-corrected chi connectivity index (χ2v) is 6.82. The number of esters is 1. The maximum atomic E-state index is 12.5. The molecular formula is C17H15ClN2O4S. The molecule has 25 heavy (non-hydrogen) atoms. The van der Waals surface area contributed by atoms with Gasteiger partial charge in [0.05, 0.1) is 29.4 Å². The Kier molecular flexibility index (Phi) is 5.06. The first kappa shape index (κ1) is 17.4. The minimum atomic E-state index is -0.519. The van der Waals surface area contributed by atoms with Crippen LogP contribution in [-0.2, 0) is 14.3 Å². The van der Waals surface area contributed by atoms with Crippen molar-refractivity contribution in [3.05, 3.63) is 45.6 Å². The molecule has 2 heterocycles. The Labute approximate surface area is 153 Å². The van der Waals surface area contributed by atoms with E-state index in [2.05, 4.69) is 5.32 Å². The molecule has 0 saturated carbocycles. The number of thiophene rings is 1. The van der Waals surface area contributed by atoms with E-state index < -0.39 is 11.9 Å². The van der Waals surface area contributed by atoms with Gasteiger partial charge in [0.25, 0.3) is 0 Å². The fourth-order valence-electron chi connectivity index (χ4n) is 2.68. The van der Waals surface area contributed by atoms with E-state index >= 15 is 0 Å². The van der Waals surface area contributed by atoms with Gasteiger partial charge in [0.2, 0.25) is 11.8 Å². The van der Waals surface area contributed by atoms with E-state index in [0.29, 0.717) is 21.3 Å². The number of para-hydroxylation sites is 1. The van der Waals surface area contributed by atoms with Gasteiger partial charge >= 0.3 is 5.97 Å². The monoisotopic (exact) mass is 378 g/mol. The van der Waals surface area contributed by atoms with E-state index in [9.17, 15) is 14.4 Å². The summed E-state index contributed by atoms with van der Waals surface area (Å²) >= 11 is 7.32. The number of benzene rings is 1. The van der Waals surface area contributed by atoms with Crippen LogP contribution in [0.2, 0.25) is 5.02 Å². The molecule has 2 amide bonds. The number of nitrogens with zero attached hydrogens (tertiary/aromatic N) is 1. The van der Waals surface area contributed by atoms with Crippen LogP contribution in [0, 0.1) is 5.92 Å². The second-order valence-electron chi connectivity index (χ2n) is 5.50. The molecule has 1 saturated heterocycles. The molecule has 1 fully saturated rings. The normalized spacial score (nSPS) is 16.8. The van der Waals surface area contributed by atoms with Gasteiger partial charge < -0.3 is 15.0 Å². The molecule has 1 aliphatic rings. The first-order chi connectivity index (χ1) is 12.0. The standard InChI is InChI=1S/C17H15ClN2O4S/c1-24-17(23)15-12(6-7-25-15)19-16(22)10-8-14(21)20(9-10)13-5-3-2-4-11(13)18/h2-7,10H,8-9H2,1H3,(H,19,22). The van der Waals surface area contributed by atoms with E-state index in [0.717, 1.165) is 0 Å². The number of rotatable bonds is 4. The fourth-order valence-corrected chi connectivity index (χ4v) is 3.68. The third kappa shape index (κ3) is 3.52. The van der Waals surface area contributed by atoms with Crippen molar-refractivity contribution >= 4 is 52.1 Å². The highest BCUT2D eigenvalue weighted by Crippen LogP contribution is 2.32. The van der Waals surface area contributed by atoms with Crippen LogP contribution in [0.15, 0.2) is 35.7 Å². The van der Waals surface area contributed by atoms with Gasteiger partial charge in [0.1, 0.15) is 4.88 Å². The molecule has 0 spiro atoms. The Bertz CT molecular complexity index is 836. The van der Waals surface area contributed by atoms with Crippen LogP contribution >= 0.6 is 22.9 Å². The molecule has 1 aromatic heterocycles. The van der Waals surface area contributed by atoms with Gasteiger partial charge in [0, 0.05) is 13.0 Å². The molecule has 1 aromatic carbocycles. The summed E-state index contributed by atoms with van der Waals surface area (Å²) in [5.41, 5.74) is 0.987. The number of amides is 2. The molecule has 0 radical (unpaired) electrons. The third-order valence-electron chi connectivity index (χ3n) is 3.93. The highest BCUT2D eigenvalue weighted by atomic mass is 35.5. The van der Waals surface area contributed by atoms with Crippen LogP contribution in [0.4, 0.5) is 11.4 Å². The Morgan fingerprint density at radius 1 is 1.32 bits per heavy atom. The van der Waals surface area contributed by atoms with Crippen molar-refractivity contribution in [2.75, 3.05) is 23.9 Å². The largest absolute Gasteiger partial charge is 0.465 e. The van der Waals surface area contributed by atoms with E-state index in [1.54, 1.807) is 35.7 Å². The summed E-state index contributed by atoms with van der Waals surface area (Å²) in [5, 5.41) is 4.87. The number of ether oxygens (including phenoxy) is 1. The summed E-state index contributed by atoms with van der Waals surface area (Å²) in [6.45, 7) is 0.242. The highest BCUT2D eigenvalue weighted by Gasteiger charge is 2.36. The van der Waals surface area contributed by atoms with Gasteiger partial charge in [-0.3, -0.25) is 9.59 Å². The van der Waals surface area contributed by atoms with E-state index in [1.807, 2.05) is 0 Å². The molecule has 0 bridgehead atoms. The minimum Gasteiger partial charge on any atom is -0.465 e. The lowest BCUT2D eigenvalue weighted by Gasteiger charge is -2.18. The van der Waals surface area contributed by atoms with Crippen LogP contribution < -0.4 is 10.2 Å². The number of anilines is 2. The Morgan fingerprint density at radius 3 is 2.80 bits per heavy atom. The zero-order valence-corrected chi connectivity index (χ0v) is 14.9. The molecule has 8 heteroatoms. The molecule has 1 N–H and O–H groups in total. The number of hydrogen-bond donors (Lipinski definition) is 1. The Balaban J connectivity index is 1.73. The van der Waals surface area contributed by atoms with Crippen molar-refractivity contribution in [2.24, 2.45) is 5.92 Å². The second kappa shape index (κ2) is 7.25. The smallest absolute Gasteiger partial charge is 0.350 e. The van der Waals surface area contributed by atoms with Crippen LogP contribution in [0.1, 0.15) is 16.1 Å². The molecule has 1 unspecified atom stereocenters. The van der Waals surface area contributed by atoms with Crippen molar-refractivity contribution in [3.63, 3.8) is 0 Å². The molecule has 1 atom stereocenters. The van der Waals surface area contributed by atoms with Crippen molar-refractivity contribution in [3.8, 4) is 0 Å². The Hall–Kier alpha value is -2.38. The molecule has 3 rings (SSSR count). The van der Waals surface area contributed by atoms with Gasteiger partial charge in [-0.25, -0.2) is 4.79 Å². The number of methoxy groups -OCH3 is 1. The van der Waals surface area contributed by atoms with Crippen molar-refractivity contribution < 1.29 is 19.1 Å². The lowest BCUT2D eigenvalue weighted by atomic mass is 10.1. The van der Waals surface area contributed by atoms with Crippen molar-refractivity contribution in [1.82, 2.24) is 0 Å². The molecule has 2 aromatic rings. The number of nitrogens with one attached hydrogen (secondary N) is 1. The number of halogens is 1. The average Bonchev–Trinajstić information content (AvgIpc) is 3.21. The van der Waals surface area contributed by atoms with Gasteiger partial charge in [0.15, 0.2) is 0 Å². The van der Waals surface area contributed by atoms with Gasteiger partial charge in [-0.05, 0) is 23.6 Å². The van der Waals surface area contributed by atoms with Gasteiger partial charge in [-0.15, -0.1) is 11.3 Å². The Morgan fingerprint density at radius 2 is 2.08 bits per heavy atom. The summed E-state index contributed by atoms with van der Waals surface area (Å²) < 4.78 is 4.69. The predicted molar refractivity (Wildman–Crippen MR) is 96.2 cm³/mol. The van der Waals surface area contributed by atoms with Crippen molar-refractivity contribution in [1.29, 1.82) is 0 Å². The predicted octanol–water partition coefficient (Wildman–Crippen LogP) is 3.18. The molecule has 1 aliphatic heterocycles. The van der Waals surface area contributed by atoms with Crippen LogP contribution in [0.5, 0.6) is 0 Å². The lowest BCUT2D eigenvalue weighted by molar-refractivity contribution is -0.122. The number of hydrogen-bond acceptors (Lipinski definition) is 5. The third-order valence-corrected chi connectivity index (χ3v) is 5.15. The van der Waals surface area contributed by atoms with E-state index in [-0.39, 0.29) is 24.8 Å². The van der Waals surface area contributed by atoms with Gasteiger partial charge in [-0.2, -0.15) is 0 Å². The minimum absolute atomic E-state index is 0.0920. The van der Waals surface area contributed by atoms with E-state index in [4.69, 9.17) is 16.3 Å². The van der Waals surface area contributed by atoms with Crippen LogP contribution in [-0.4, -0.2) is 31.4 Å². The molecular weight excluding hydrogens is 364 g/mol. The maximum absolute atomic E-state index is 12.5. The summed E-state index contributed by atoms with van der Waals surface area (Å²) in [4.78, 5) is 38.3. The number of carbonyl (C=O) groups excluding carboxylic acids is 3. The van der Waals surface area contributed by atoms with Crippen LogP contribution in [0.3, 0.4) is 0 Å². The van der Waals surface area contributed by atoms with Crippen LogP contribution in [0.25, 0.3) is 0 Å². The summed E-state index contributed by atoms with van der Waals surface area (Å²) in [6, 6.07) is 8.65. The number of carbonyl (C=O) groups is 3. The summed E-state index contributed by atoms with van der Waals surface area (Å²) in [6.07, 6.45) is 0.0920. The molecule has 6 nitrogen and oxygen atoms in total. The quantitative estimate of drug-likeness (QED) is 0.829. The summed E-state index contributed by atoms with van der Waals surface area (Å²) in [5.74, 6) is -1.50. The fraction of sp³-hybridized carbons (Fsp3) is 0.235. The zero-order valence-electron chi connectivity index (χ0n) is 13.3. The SMILES string of the molecule is COC(=O)c1sccc1NC(=O)C1CC(=O)N(c2ccccc2Cl)C1. The van der Waals surface area contributed by atoms with Crippen molar-refractivity contribution in [2.45, 2.75) is 6.42 Å². The summed E-state index contributed by atoms with van der Waals surface area (Å²) in [7, 11) is 1.28. The first-order valence-corrected chi connectivity index (χ1v) is 8.78. The molecule has 0 aliphatic carbocycles. The molecule has 130 valence electrons.